The largest absolute Gasteiger partial charge is 0.381 e. The molecule has 1 aromatic rings. The molecular formula is C17H28N2O. The first-order chi connectivity index (χ1) is 9.72. The van der Waals surface area contributed by atoms with Gasteiger partial charge in [-0.3, -0.25) is 4.90 Å². The predicted molar refractivity (Wildman–Crippen MR) is 85.5 cm³/mol. The first kappa shape index (κ1) is 15.3. The first-order valence-corrected chi connectivity index (χ1v) is 7.81. The number of para-hydroxylation sites is 1. The normalized spacial score (nSPS) is 16.6. The maximum Gasteiger partial charge on any atom is 0.0480 e. The van der Waals surface area contributed by atoms with Crippen LogP contribution in [-0.2, 0) is 4.74 Å². The summed E-state index contributed by atoms with van der Waals surface area (Å²) in [6.07, 6.45) is 2.36. The lowest BCUT2D eigenvalue weighted by Crippen LogP contribution is -2.43. The number of hydrogen-bond donors (Lipinski definition) is 0. The zero-order valence-corrected chi connectivity index (χ0v) is 13.1. The van der Waals surface area contributed by atoms with Crippen molar-refractivity contribution in [2.24, 2.45) is 0 Å². The smallest absolute Gasteiger partial charge is 0.0480 e. The predicted octanol–water partition coefficient (Wildman–Crippen LogP) is 2.93. The Bertz CT molecular complexity index is 402. The molecule has 0 spiro atoms. The van der Waals surface area contributed by atoms with E-state index in [1.807, 2.05) is 0 Å². The summed E-state index contributed by atoms with van der Waals surface area (Å²) in [6.45, 7) is 9.64. The summed E-state index contributed by atoms with van der Waals surface area (Å²) < 4.78 is 5.47. The quantitative estimate of drug-likeness (QED) is 0.794. The zero-order valence-electron chi connectivity index (χ0n) is 13.1. The van der Waals surface area contributed by atoms with Crippen LogP contribution in [0.5, 0.6) is 0 Å². The highest BCUT2D eigenvalue weighted by Crippen LogP contribution is 2.18. The molecule has 0 aliphatic carbocycles. The molecule has 3 heteroatoms. The molecule has 1 fully saturated rings. The molecule has 112 valence electrons. The second-order valence-electron chi connectivity index (χ2n) is 5.68. The molecule has 3 nitrogen and oxygen atoms in total. The van der Waals surface area contributed by atoms with Crippen molar-refractivity contribution in [3.8, 4) is 0 Å². The van der Waals surface area contributed by atoms with Crippen LogP contribution in [0.2, 0.25) is 0 Å². The van der Waals surface area contributed by atoms with Crippen molar-refractivity contribution in [2.75, 3.05) is 44.8 Å². The lowest BCUT2D eigenvalue weighted by Gasteiger charge is -2.35. The van der Waals surface area contributed by atoms with E-state index < -0.39 is 0 Å². The van der Waals surface area contributed by atoms with Gasteiger partial charge in [-0.05, 0) is 37.9 Å². The molecule has 1 saturated heterocycles. The number of rotatable bonds is 6. The number of hydrogen-bond acceptors (Lipinski definition) is 3. The van der Waals surface area contributed by atoms with Gasteiger partial charge >= 0.3 is 0 Å². The molecule has 20 heavy (non-hydrogen) atoms. The molecule has 0 saturated carbocycles. The van der Waals surface area contributed by atoms with E-state index in [1.54, 1.807) is 0 Å². The number of nitrogens with zero attached hydrogens (tertiary/aromatic N) is 2. The third-order valence-electron chi connectivity index (χ3n) is 4.36. The third-order valence-corrected chi connectivity index (χ3v) is 4.36. The maximum atomic E-state index is 5.47. The van der Waals surface area contributed by atoms with Crippen LogP contribution in [0.4, 0.5) is 5.69 Å². The van der Waals surface area contributed by atoms with Crippen LogP contribution in [0.15, 0.2) is 24.3 Å². The zero-order chi connectivity index (χ0) is 14.4. The highest BCUT2D eigenvalue weighted by Gasteiger charge is 2.20. The Labute approximate surface area is 123 Å². The van der Waals surface area contributed by atoms with Crippen LogP contribution < -0.4 is 4.90 Å². The topological polar surface area (TPSA) is 15.7 Å². The monoisotopic (exact) mass is 276 g/mol. The van der Waals surface area contributed by atoms with Crippen LogP contribution in [0.1, 0.15) is 25.3 Å². The van der Waals surface area contributed by atoms with Gasteiger partial charge in [0.2, 0.25) is 0 Å². The Morgan fingerprint density at radius 1 is 1.15 bits per heavy atom. The summed E-state index contributed by atoms with van der Waals surface area (Å²) in [6, 6.07) is 9.32. The van der Waals surface area contributed by atoms with Crippen LogP contribution in [0.3, 0.4) is 0 Å². The van der Waals surface area contributed by atoms with Gasteiger partial charge in [0.05, 0.1) is 0 Å². The number of ether oxygens (including phenoxy) is 1. The molecule has 0 N–H and O–H groups in total. The van der Waals surface area contributed by atoms with Crippen LogP contribution in [0, 0.1) is 6.92 Å². The van der Waals surface area contributed by atoms with Gasteiger partial charge in [0.1, 0.15) is 0 Å². The molecule has 1 aliphatic rings. The average Bonchev–Trinajstić information content (AvgIpc) is 2.49. The van der Waals surface area contributed by atoms with Crippen LogP contribution in [-0.4, -0.2) is 50.8 Å². The van der Waals surface area contributed by atoms with Crippen molar-refractivity contribution < 1.29 is 4.74 Å². The minimum Gasteiger partial charge on any atom is -0.381 e. The summed E-state index contributed by atoms with van der Waals surface area (Å²) in [5, 5.41) is 0. The molecule has 0 aromatic heterocycles. The lowest BCUT2D eigenvalue weighted by molar-refractivity contribution is 0.0369. The molecule has 1 heterocycles. The highest BCUT2D eigenvalue weighted by atomic mass is 16.5. The Morgan fingerprint density at radius 3 is 2.50 bits per heavy atom. The molecule has 0 amide bonds. The summed E-state index contributed by atoms with van der Waals surface area (Å²) >= 11 is 0. The van der Waals surface area contributed by atoms with Crippen molar-refractivity contribution in [1.82, 2.24) is 4.90 Å². The molecule has 1 aromatic carbocycles. The van der Waals surface area contributed by atoms with Crippen LogP contribution >= 0.6 is 0 Å². The lowest BCUT2D eigenvalue weighted by atomic mass is 10.1. The Hall–Kier alpha value is -1.06. The highest BCUT2D eigenvalue weighted by molar-refractivity contribution is 5.52. The standard InChI is InChI=1S/C17H28N2O/c1-4-19(16-9-13-20-14-10-16)12-11-18(3)17-8-6-5-7-15(17)2/h5-8,16H,4,9-14H2,1-3H3. The fourth-order valence-electron chi connectivity index (χ4n) is 3.04. The Kier molecular flexibility index (Phi) is 5.86. The van der Waals surface area contributed by atoms with E-state index in [2.05, 4.69) is 55.0 Å². The Morgan fingerprint density at radius 2 is 1.85 bits per heavy atom. The van der Waals surface area contributed by atoms with E-state index in [0.29, 0.717) is 6.04 Å². The Balaban J connectivity index is 1.87. The van der Waals surface area contributed by atoms with E-state index in [9.17, 15) is 0 Å². The number of aryl methyl sites for hydroxylation is 1. The van der Waals surface area contributed by atoms with Crippen molar-refractivity contribution in [3.05, 3.63) is 29.8 Å². The van der Waals surface area contributed by atoms with Crippen LogP contribution in [0.25, 0.3) is 0 Å². The molecule has 0 radical (unpaired) electrons. The van der Waals surface area contributed by atoms with Gasteiger partial charge in [-0.25, -0.2) is 0 Å². The molecular weight excluding hydrogens is 248 g/mol. The van der Waals surface area contributed by atoms with Gasteiger partial charge in [-0.2, -0.15) is 0 Å². The van der Waals surface area contributed by atoms with Crippen molar-refractivity contribution in [3.63, 3.8) is 0 Å². The molecule has 0 atom stereocenters. The fourth-order valence-corrected chi connectivity index (χ4v) is 3.04. The van der Waals surface area contributed by atoms with Gasteiger partial charge in [0.15, 0.2) is 0 Å². The van der Waals surface area contributed by atoms with E-state index in [0.717, 1.165) is 32.8 Å². The second kappa shape index (κ2) is 7.65. The number of benzene rings is 1. The van der Waals surface area contributed by atoms with E-state index in [-0.39, 0.29) is 0 Å². The van der Waals surface area contributed by atoms with Crippen molar-refractivity contribution >= 4 is 5.69 Å². The second-order valence-corrected chi connectivity index (χ2v) is 5.68. The number of anilines is 1. The fraction of sp³-hybridized carbons (Fsp3) is 0.647. The minimum atomic E-state index is 0.707. The maximum absolute atomic E-state index is 5.47. The van der Waals surface area contributed by atoms with Gasteiger partial charge in [0.25, 0.3) is 0 Å². The molecule has 0 bridgehead atoms. The van der Waals surface area contributed by atoms with Gasteiger partial charge in [-0.15, -0.1) is 0 Å². The van der Waals surface area contributed by atoms with E-state index >= 15 is 0 Å². The van der Waals surface area contributed by atoms with Crippen molar-refractivity contribution in [2.45, 2.75) is 32.7 Å². The van der Waals surface area contributed by atoms with Gasteiger partial charge < -0.3 is 9.64 Å². The summed E-state index contributed by atoms with van der Waals surface area (Å²) in [5.74, 6) is 0. The summed E-state index contributed by atoms with van der Waals surface area (Å²) in [5.41, 5.74) is 2.69. The average molecular weight is 276 g/mol. The number of likely N-dealkylation sites (N-methyl/N-ethyl adjacent to an activating group) is 2. The van der Waals surface area contributed by atoms with Gasteiger partial charge in [0, 0.05) is 45.1 Å². The molecule has 1 aliphatic heterocycles. The van der Waals surface area contributed by atoms with E-state index in [1.165, 1.54) is 24.1 Å². The summed E-state index contributed by atoms with van der Waals surface area (Å²) in [7, 11) is 2.19. The SMILES string of the molecule is CCN(CCN(C)c1ccccc1C)C1CCOCC1. The third kappa shape index (κ3) is 3.97. The minimum absolute atomic E-state index is 0.707. The van der Waals surface area contributed by atoms with E-state index in [4.69, 9.17) is 4.74 Å². The summed E-state index contributed by atoms with van der Waals surface area (Å²) in [4.78, 5) is 4.98. The molecule has 0 unspecified atom stereocenters. The van der Waals surface area contributed by atoms with Gasteiger partial charge in [-0.1, -0.05) is 25.1 Å². The van der Waals surface area contributed by atoms with Crippen molar-refractivity contribution in [1.29, 1.82) is 0 Å². The molecule has 2 rings (SSSR count). The first-order valence-electron chi connectivity index (χ1n) is 7.81.